The summed E-state index contributed by atoms with van der Waals surface area (Å²) in [5.74, 6) is 1.83. The molecule has 2 aromatic carbocycles. The average molecular weight is 358 g/mol. The van der Waals surface area contributed by atoms with Crippen molar-refractivity contribution in [2.45, 2.75) is 12.8 Å². The van der Waals surface area contributed by atoms with E-state index in [4.69, 9.17) is 5.73 Å². The molecule has 3 N–H and O–H groups in total. The van der Waals surface area contributed by atoms with Crippen LogP contribution < -0.4 is 10.6 Å². The Balaban J connectivity index is 1.54. The highest BCUT2D eigenvalue weighted by Crippen LogP contribution is 2.29. The Labute approximate surface area is 158 Å². The number of nitrogens with zero attached hydrogens (tertiary/aromatic N) is 4. The highest BCUT2D eigenvalue weighted by atomic mass is 15.3. The van der Waals surface area contributed by atoms with Crippen LogP contribution in [-0.2, 0) is 6.42 Å². The van der Waals surface area contributed by atoms with Gasteiger partial charge in [0.25, 0.3) is 0 Å². The maximum atomic E-state index is 6.26. The van der Waals surface area contributed by atoms with Gasteiger partial charge in [-0.05, 0) is 18.4 Å². The Hall–Kier alpha value is -3.41. The lowest BCUT2D eigenvalue weighted by Gasteiger charge is -2.17. The minimum absolute atomic E-state index is 0.442. The smallest absolute Gasteiger partial charge is 0.163 e. The molecule has 27 heavy (non-hydrogen) atoms. The predicted octanol–water partition coefficient (Wildman–Crippen LogP) is 3.67. The van der Waals surface area contributed by atoms with Crippen LogP contribution in [0.1, 0.15) is 12.0 Å². The summed E-state index contributed by atoms with van der Waals surface area (Å²) in [6, 6.07) is 20.3. The number of hydrogen-bond donors (Lipinski definition) is 2. The molecule has 0 saturated carbocycles. The van der Waals surface area contributed by atoms with Crippen LogP contribution in [0.15, 0.2) is 60.7 Å². The summed E-state index contributed by atoms with van der Waals surface area (Å²) in [5.41, 5.74) is 9.19. The number of aromatic nitrogens is 4. The minimum atomic E-state index is 0.442. The van der Waals surface area contributed by atoms with Gasteiger partial charge >= 0.3 is 0 Å². The van der Waals surface area contributed by atoms with Crippen LogP contribution >= 0.6 is 0 Å². The lowest BCUT2D eigenvalue weighted by atomic mass is 10.1. The van der Waals surface area contributed by atoms with Gasteiger partial charge < -0.3 is 10.6 Å². The molecule has 0 unspecified atom stereocenters. The zero-order valence-corrected chi connectivity index (χ0v) is 15.3. The summed E-state index contributed by atoms with van der Waals surface area (Å²) >= 11 is 0. The number of aromatic amines is 1. The van der Waals surface area contributed by atoms with Gasteiger partial charge in [0.1, 0.15) is 11.2 Å². The number of nitrogen functional groups attached to an aromatic ring is 1. The maximum Gasteiger partial charge on any atom is 0.163 e. The number of anilines is 2. The largest absolute Gasteiger partial charge is 0.383 e. The standard InChI is InChI=1S/C21H22N6/c1-27(14-8-11-15-9-4-2-5-10-15)21-17-18(22)23-19(24-20(17)25-26-21)16-12-6-3-7-13-16/h2-7,9-10,12-13H,8,11,14H2,1H3,(H3,22,23,24,25,26). The SMILES string of the molecule is CN(CCCc1ccccc1)c1n[nH]c2nc(-c3ccccc3)nc(N)c12. The number of fused-ring (bicyclic) bond motifs is 1. The Morgan fingerprint density at radius 2 is 1.67 bits per heavy atom. The second-order valence-corrected chi connectivity index (χ2v) is 6.58. The maximum absolute atomic E-state index is 6.26. The molecule has 6 nitrogen and oxygen atoms in total. The fraction of sp³-hybridized carbons (Fsp3) is 0.190. The monoisotopic (exact) mass is 358 g/mol. The first-order chi connectivity index (χ1) is 13.2. The van der Waals surface area contributed by atoms with E-state index in [1.807, 2.05) is 43.4 Å². The van der Waals surface area contributed by atoms with Crippen LogP contribution in [0, 0.1) is 0 Å². The molecule has 136 valence electrons. The van der Waals surface area contributed by atoms with Gasteiger partial charge in [-0.2, -0.15) is 5.10 Å². The molecule has 4 rings (SSSR count). The van der Waals surface area contributed by atoms with Gasteiger partial charge in [0.05, 0.1) is 0 Å². The number of rotatable bonds is 6. The van der Waals surface area contributed by atoms with Gasteiger partial charge in [-0.1, -0.05) is 60.7 Å². The second kappa shape index (κ2) is 7.45. The number of benzene rings is 2. The number of hydrogen-bond acceptors (Lipinski definition) is 5. The van der Waals surface area contributed by atoms with Gasteiger partial charge in [0.15, 0.2) is 17.3 Å². The van der Waals surface area contributed by atoms with E-state index in [1.165, 1.54) is 5.56 Å². The van der Waals surface area contributed by atoms with E-state index in [0.29, 0.717) is 17.3 Å². The molecule has 0 amide bonds. The Morgan fingerprint density at radius 3 is 2.41 bits per heavy atom. The van der Waals surface area contributed by atoms with Gasteiger partial charge in [-0.25, -0.2) is 9.97 Å². The van der Waals surface area contributed by atoms with Crippen LogP contribution in [0.5, 0.6) is 0 Å². The molecule has 0 bridgehead atoms. The molecule has 0 spiro atoms. The van der Waals surface area contributed by atoms with E-state index in [9.17, 15) is 0 Å². The molecular weight excluding hydrogens is 336 g/mol. The van der Waals surface area contributed by atoms with Crippen molar-refractivity contribution in [3.8, 4) is 11.4 Å². The summed E-state index contributed by atoms with van der Waals surface area (Å²) in [6.45, 7) is 0.870. The van der Waals surface area contributed by atoms with E-state index < -0.39 is 0 Å². The van der Waals surface area contributed by atoms with Crippen molar-refractivity contribution in [2.24, 2.45) is 0 Å². The predicted molar refractivity (Wildman–Crippen MR) is 110 cm³/mol. The van der Waals surface area contributed by atoms with E-state index >= 15 is 0 Å². The molecule has 0 atom stereocenters. The summed E-state index contributed by atoms with van der Waals surface area (Å²) in [7, 11) is 2.02. The molecular formula is C21H22N6. The second-order valence-electron chi connectivity index (χ2n) is 6.58. The zero-order chi connectivity index (χ0) is 18.6. The van der Waals surface area contributed by atoms with Crippen molar-refractivity contribution in [2.75, 3.05) is 24.2 Å². The number of nitrogens with two attached hydrogens (primary N) is 1. The summed E-state index contributed by atoms with van der Waals surface area (Å²) < 4.78 is 0. The van der Waals surface area contributed by atoms with E-state index in [1.54, 1.807) is 0 Å². The number of nitrogens with one attached hydrogen (secondary N) is 1. The topological polar surface area (TPSA) is 83.7 Å². The molecule has 0 aliphatic rings. The third-order valence-electron chi connectivity index (χ3n) is 4.62. The van der Waals surface area contributed by atoms with Crippen molar-refractivity contribution in [3.63, 3.8) is 0 Å². The third kappa shape index (κ3) is 3.60. The summed E-state index contributed by atoms with van der Waals surface area (Å²) in [5, 5.41) is 8.22. The first-order valence-corrected chi connectivity index (χ1v) is 9.04. The molecule has 0 aliphatic heterocycles. The van der Waals surface area contributed by atoms with Crippen LogP contribution in [-0.4, -0.2) is 33.8 Å². The van der Waals surface area contributed by atoms with Crippen LogP contribution in [0.25, 0.3) is 22.4 Å². The van der Waals surface area contributed by atoms with E-state index in [0.717, 1.165) is 36.2 Å². The lowest BCUT2D eigenvalue weighted by Crippen LogP contribution is -2.20. The molecule has 0 radical (unpaired) electrons. The van der Waals surface area contributed by atoms with Crippen LogP contribution in [0.3, 0.4) is 0 Å². The van der Waals surface area contributed by atoms with Crippen molar-refractivity contribution < 1.29 is 0 Å². The first-order valence-electron chi connectivity index (χ1n) is 9.04. The van der Waals surface area contributed by atoms with E-state index in [2.05, 4.69) is 49.3 Å². The highest BCUT2D eigenvalue weighted by molar-refractivity contribution is 5.96. The van der Waals surface area contributed by atoms with Crippen LogP contribution in [0.4, 0.5) is 11.6 Å². The molecule has 4 aromatic rings. The summed E-state index contributed by atoms with van der Waals surface area (Å²) in [4.78, 5) is 11.2. The molecule has 2 heterocycles. The molecule has 2 aromatic heterocycles. The Morgan fingerprint density at radius 1 is 0.963 bits per heavy atom. The van der Waals surface area contributed by atoms with Crippen molar-refractivity contribution >= 4 is 22.7 Å². The first kappa shape index (κ1) is 17.0. The third-order valence-corrected chi connectivity index (χ3v) is 4.62. The van der Waals surface area contributed by atoms with Gasteiger partial charge in [-0.15, -0.1) is 0 Å². The quantitative estimate of drug-likeness (QED) is 0.549. The molecule has 0 fully saturated rings. The van der Waals surface area contributed by atoms with Gasteiger partial charge in [0.2, 0.25) is 0 Å². The number of H-pyrrole nitrogens is 1. The highest BCUT2D eigenvalue weighted by Gasteiger charge is 2.17. The fourth-order valence-corrected chi connectivity index (χ4v) is 3.20. The molecule has 6 heteroatoms. The lowest BCUT2D eigenvalue weighted by molar-refractivity contribution is 0.777. The molecule has 0 aliphatic carbocycles. The minimum Gasteiger partial charge on any atom is -0.383 e. The van der Waals surface area contributed by atoms with Gasteiger partial charge in [-0.3, -0.25) is 5.10 Å². The Bertz CT molecular complexity index is 1030. The van der Waals surface area contributed by atoms with Crippen molar-refractivity contribution in [1.82, 2.24) is 20.2 Å². The molecule has 0 saturated heterocycles. The van der Waals surface area contributed by atoms with Crippen molar-refractivity contribution in [3.05, 3.63) is 66.2 Å². The zero-order valence-electron chi connectivity index (χ0n) is 15.3. The summed E-state index contributed by atoms with van der Waals surface area (Å²) in [6.07, 6.45) is 2.05. The Kier molecular flexibility index (Phi) is 4.70. The van der Waals surface area contributed by atoms with E-state index in [-0.39, 0.29) is 0 Å². The van der Waals surface area contributed by atoms with Crippen LogP contribution in [0.2, 0.25) is 0 Å². The fourth-order valence-electron chi connectivity index (χ4n) is 3.20. The van der Waals surface area contributed by atoms with Crippen molar-refractivity contribution in [1.29, 1.82) is 0 Å². The average Bonchev–Trinajstić information content (AvgIpc) is 3.14. The normalized spacial score (nSPS) is 11.0. The van der Waals surface area contributed by atoms with Gasteiger partial charge in [0, 0.05) is 19.2 Å². The number of aryl methyl sites for hydroxylation is 1.